The number of benzene rings is 2. The molecule has 3 aromatic rings. The molecule has 1 fully saturated rings. The third-order valence-corrected chi connectivity index (χ3v) is 6.52. The van der Waals surface area contributed by atoms with Crippen LogP contribution in [-0.2, 0) is 11.8 Å². The second kappa shape index (κ2) is 9.43. The summed E-state index contributed by atoms with van der Waals surface area (Å²) in [5.74, 6) is 0.436. The minimum Gasteiger partial charge on any atom is -0.309 e. The van der Waals surface area contributed by atoms with Crippen LogP contribution in [0.25, 0.3) is 11.4 Å². The number of anilines is 1. The standard InChI is InChI=1S/C23H25FN4OS/c1-27-22(19-14-8-9-15-20(19)24)25-26-23(27)30-16-21(29)28(17-10-4-2-5-11-17)18-12-6-3-7-13-18/h2,4-5,8-11,14-15,18H,3,6-7,12-13,16H2,1H3. The summed E-state index contributed by atoms with van der Waals surface area (Å²) in [7, 11) is 1.80. The summed E-state index contributed by atoms with van der Waals surface area (Å²) in [6.07, 6.45) is 5.62. The molecular formula is C23H25FN4OS. The van der Waals surface area contributed by atoms with E-state index in [1.165, 1.54) is 24.2 Å². The fourth-order valence-corrected chi connectivity index (χ4v) is 4.77. The van der Waals surface area contributed by atoms with Crippen LogP contribution in [0.2, 0.25) is 0 Å². The van der Waals surface area contributed by atoms with Gasteiger partial charge in [0.2, 0.25) is 5.91 Å². The van der Waals surface area contributed by atoms with E-state index in [9.17, 15) is 9.18 Å². The number of carbonyl (C=O) groups excluding carboxylic acids is 1. The van der Waals surface area contributed by atoms with Crippen molar-refractivity contribution in [2.75, 3.05) is 10.7 Å². The molecule has 0 aliphatic heterocycles. The number of aromatic nitrogens is 3. The first kappa shape index (κ1) is 20.6. The fraction of sp³-hybridized carbons (Fsp3) is 0.348. The summed E-state index contributed by atoms with van der Waals surface area (Å²) in [6.45, 7) is 0. The third-order valence-electron chi connectivity index (χ3n) is 5.52. The molecule has 0 atom stereocenters. The van der Waals surface area contributed by atoms with E-state index < -0.39 is 0 Å². The van der Waals surface area contributed by atoms with Crippen molar-refractivity contribution in [1.82, 2.24) is 14.8 Å². The average Bonchev–Trinajstić information content (AvgIpc) is 3.14. The van der Waals surface area contributed by atoms with Gasteiger partial charge in [-0.15, -0.1) is 10.2 Å². The molecule has 1 amide bonds. The second-order valence-electron chi connectivity index (χ2n) is 7.52. The highest BCUT2D eigenvalue weighted by Crippen LogP contribution is 2.29. The van der Waals surface area contributed by atoms with Crippen LogP contribution in [0.15, 0.2) is 59.8 Å². The number of hydrogen-bond donors (Lipinski definition) is 0. The lowest BCUT2D eigenvalue weighted by Gasteiger charge is -2.34. The van der Waals surface area contributed by atoms with Gasteiger partial charge in [-0.1, -0.05) is 61.4 Å². The molecule has 2 aromatic carbocycles. The van der Waals surface area contributed by atoms with E-state index in [2.05, 4.69) is 10.2 Å². The van der Waals surface area contributed by atoms with Gasteiger partial charge in [-0.25, -0.2) is 4.39 Å². The molecule has 0 bridgehead atoms. The Kier molecular flexibility index (Phi) is 6.47. The molecule has 0 unspecified atom stereocenters. The largest absolute Gasteiger partial charge is 0.309 e. The molecule has 5 nitrogen and oxygen atoms in total. The summed E-state index contributed by atoms with van der Waals surface area (Å²) in [4.78, 5) is 15.2. The number of rotatable bonds is 6. The van der Waals surface area contributed by atoms with Gasteiger partial charge < -0.3 is 9.47 Å². The maximum absolute atomic E-state index is 14.1. The fourth-order valence-electron chi connectivity index (χ4n) is 4.00. The van der Waals surface area contributed by atoms with Gasteiger partial charge in [0.05, 0.1) is 11.3 Å². The van der Waals surface area contributed by atoms with Crippen molar-refractivity contribution in [3.63, 3.8) is 0 Å². The number of nitrogens with zero attached hydrogens (tertiary/aromatic N) is 4. The SMILES string of the molecule is Cn1c(SCC(=O)N(c2ccccc2)C2CCCCC2)nnc1-c1ccccc1F. The van der Waals surface area contributed by atoms with E-state index in [0.717, 1.165) is 31.4 Å². The van der Waals surface area contributed by atoms with Crippen LogP contribution < -0.4 is 4.90 Å². The zero-order valence-corrected chi connectivity index (χ0v) is 17.8. The highest BCUT2D eigenvalue weighted by Gasteiger charge is 2.27. The second-order valence-corrected chi connectivity index (χ2v) is 8.47. The molecule has 0 radical (unpaired) electrons. The van der Waals surface area contributed by atoms with Crippen molar-refractivity contribution in [1.29, 1.82) is 0 Å². The van der Waals surface area contributed by atoms with Gasteiger partial charge in [-0.05, 0) is 37.1 Å². The maximum atomic E-state index is 14.1. The normalized spacial score (nSPS) is 14.6. The van der Waals surface area contributed by atoms with Crippen molar-refractivity contribution in [3.8, 4) is 11.4 Å². The number of amides is 1. The molecule has 0 spiro atoms. The molecule has 4 rings (SSSR count). The lowest BCUT2D eigenvalue weighted by atomic mass is 9.93. The van der Waals surface area contributed by atoms with Gasteiger partial charge in [0, 0.05) is 18.8 Å². The Morgan fingerprint density at radius 3 is 2.50 bits per heavy atom. The first-order valence-electron chi connectivity index (χ1n) is 10.3. The molecular weight excluding hydrogens is 399 g/mol. The van der Waals surface area contributed by atoms with E-state index in [1.54, 1.807) is 29.8 Å². The first-order valence-corrected chi connectivity index (χ1v) is 11.3. The average molecular weight is 425 g/mol. The van der Waals surface area contributed by atoms with Crippen LogP contribution in [0.5, 0.6) is 0 Å². The van der Waals surface area contributed by atoms with Crippen LogP contribution in [0.1, 0.15) is 32.1 Å². The number of thioether (sulfide) groups is 1. The van der Waals surface area contributed by atoms with Crippen LogP contribution in [0, 0.1) is 5.82 Å². The first-order chi connectivity index (χ1) is 14.6. The van der Waals surface area contributed by atoms with Gasteiger partial charge in [0.1, 0.15) is 5.82 Å². The smallest absolute Gasteiger partial charge is 0.237 e. The van der Waals surface area contributed by atoms with Crippen molar-refractivity contribution >= 4 is 23.4 Å². The Bertz CT molecular complexity index is 1000. The van der Waals surface area contributed by atoms with E-state index in [1.807, 2.05) is 35.2 Å². The number of para-hydroxylation sites is 1. The summed E-state index contributed by atoms with van der Waals surface area (Å²) in [5, 5.41) is 8.93. The van der Waals surface area contributed by atoms with Crippen molar-refractivity contribution in [2.24, 2.45) is 7.05 Å². The topological polar surface area (TPSA) is 51.0 Å². The monoisotopic (exact) mass is 424 g/mol. The molecule has 1 heterocycles. The number of halogens is 1. The Balaban J connectivity index is 1.51. The molecule has 1 aliphatic carbocycles. The zero-order chi connectivity index (χ0) is 20.9. The molecule has 0 N–H and O–H groups in total. The van der Waals surface area contributed by atoms with E-state index >= 15 is 0 Å². The van der Waals surface area contributed by atoms with Gasteiger partial charge in [0.25, 0.3) is 0 Å². The number of carbonyl (C=O) groups is 1. The summed E-state index contributed by atoms with van der Waals surface area (Å²) < 4.78 is 15.9. The Labute approximate surface area is 180 Å². The minimum atomic E-state index is -0.340. The summed E-state index contributed by atoms with van der Waals surface area (Å²) in [5.41, 5.74) is 1.35. The van der Waals surface area contributed by atoms with E-state index in [4.69, 9.17) is 0 Å². The van der Waals surface area contributed by atoms with Crippen LogP contribution in [0.4, 0.5) is 10.1 Å². The maximum Gasteiger partial charge on any atom is 0.237 e. The zero-order valence-electron chi connectivity index (χ0n) is 17.0. The summed E-state index contributed by atoms with van der Waals surface area (Å²) in [6, 6.07) is 16.6. The minimum absolute atomic E-state index is 0.0635. The molecule has 1 aliphatic rings. The third kappa shape index (κ3) is 4.41. The van der Waals surface area contributed by atoms with Crippen LogP contribution in [-0.4, -0.2) is 32.5 Å². The van der Waals surface area contributed by atoms with Gasteiger partial charge >= 0.3 is 0 Å². The molecule has 30 heavy (non-hydrogen) atoms. The lowest BCUT2D eigenvalue weighted by Crippen LogP contribution is -2.42. The van der Waals surface area contributed by atoms with Crippen molar-refractivity contribution in [3.05, 3.63) is 60.4 Å². The lowest BCUT2D eigenvalue weighted by molar-refractivity contribution is -0.116. The quantitative estimate of drug-likeness (QED) is 0.518. The van der Waals surface area contributed by atoms with E-state index in [-0.39, 0.29) is 23.5 Å². The Morgan fingerprint density at radius 2 is 1.77 bits per heavy atom. The van der Waals surface area contributed by atoms with Crippen molar-refractivity contribution < 1.29 is 9.18 Å². The molecule has 1 aromatic heterocycles. The highest BCUT2D eigenvalue weighted by atomic mass is 32.2. The molecule has 156 valence electrons. The Morgan fingerprint density at radius 1 is 1.07 bits per heavy atom. The molecule has 7 heteroatoms. The van der Waals surface area contributed by atoms with Crippen LogP contribution in [0.3, 0.4) is 0 Å². The molecule has 1 saturated carbocycles. The Hall–Kier alpha value is -2.67. The highest BCUT2D eigenvalue weighted by molar-refractivity contribution is 7.99. The molecule has 0 saturated heterocycles. The van der Waals surface area contributed by atoms with Gasteiger partial charge in [-0.2, -0.15) is 0 Å². The van der Waals surface area contributed by atoms with Crippen LogP contribution >= 0.6 is 11.8 Å². The summed E-state index contributed by atoms with van der Waals surface area (Å²) >= 11 is 1.34. The number of hydrogen-bond acceptors (Lipinski definition) is 4. The predicted octanol–water partition coefficient (Wildman–Crippen LogP) is 5.08. The van der Waals surface area contributed by atoms with Gasteiger partial charge in [-0.3, -0.25) is 4.79 Å². The predicted molar refractivity (Wildman–Crippen MR) is 118 cm³/mol. The van der Waals surface area contributed by atoms with Crippen molar-refractivity contribution in [2.45, 2.75) is 43.3 Å². The van der Waals surface area contributed by atoms with E-state index in [0.29, 0.717) is 16.5 Å². The van der Waals surface area contributed by atoms with Gasteiger partial charge in [0.15, 0.2) is 11.0 Å².